The van der Waals surface area contributed by atoms with Crippen molar-refractivity contribution in [2.45, 2.75) is 31.7 Å². The number of nitrogen functional groups attached to an aromatic ring is 1. The lowest BCUT2D eigenvalue weighted by Crippen LogP contribution is -2.39. The molecule has 0 unspecified atom stereocenters. The van der Waals surface area contributed by atoms with Gasteiger partial charge >= 0.3 is 0 Å². The number of benzene rings is 1. The molecule has 0 aliphatic heterocycles. The molecule has 0 bridgehead atoms. The van der Waals surface area contributed by atoms with Crippen LogP contribution in [0.3, 0.4) is 0 Å². The van der Waals surface area contributed by atoms with E-state index in [9.17, 15) is 13.2 Å². The summed E-state index contributed by atoms with van der Waals surface area (Å²) >= 11 is 5.91. The quantitative estimate of drug-likeness (QED) is 0.706. The third-order valence-corrected chi connectivity index (χ3v) is 4.31. The van der Waals surface area contributed by atoms with E-state index in [2.05, 4.69) is 10.0 Å². The van der Waals surface area contributed by atoms with E-state index >= 15 is 0 Å². The van der Waals surface area contributed by atoms with Crippen molar-refractivity contribution in [1.82, 2.24) is 10.0 Å². The predicted molar refractivity (Wildman–Crippen MR) is 79.1 cm³/mol. The van der Waals surface area contributed by atoms with Crippen molar-refractivity contribution >= 4 is 33.2 Å². The molecule has 20 heavy (non-hydrogen) atoms. The number of carbonyl (C=O) groups excluding carboxylic acids is 1. The Balaban J connectivity index is 2.87. The Hall–Kier alpha value is -1.31. The minimum Gasteiger partial charge on any atom is -0.398 e. The number of nitrogens with two attached hydrogens (primary N) is 1. The monoisotopic (exact) mass is 319 g/mol. The Bertz CT molecular complexity index is 591. The van der Waals surface area contributed by atoms with Crippen LogP contribution in [-0.2, 0) is 14.8 Å². The van der Waals surface area contributed by atoms with Crippen molar-refractivity contribution in [2.75, 3.05) is 12.3 Å². The molecule has 112 valence electrons. The largest absolute Gasteiger partial charge is 0.398 e. The summed E-state index contributed by atoms with van der Waals surface area (Å²) in [6.07, 6.45) is 0. The lowest BCUT2D eigenvalue weighted by atomic mass is 10.2. The summed E-state index contributed by atoms with van der Waals surface area (Å²) in [6.45, 7) is 4.92. The van der Waals surface area contributed by atoms with E-state index in [1.54, 1.807) is 20.8 Å². The first-order chi connectivity index (χ1) is 9.13. The minimum atomic E-state index is -3.83. The maximum atomic E-state index is 12.0. The van der Waals surface area contributed by atoms with Crippen molar-refractivity contribution in [3.05, 3.63) is 22.7 Å². The second-order valence-corrected chi connectivity index (χ2v) is 6.84. The fourth-order valence-corrected chi connectivity index (χ4v) is 2.78. The zero-order chi connectivity index (χ0) is 15.5. The van der Waals surface area contributed by atoms with Gasteiger partial charge in [-0.1, -0.05) is 11.6 Å². The molecule has 0 aliphatic rings. The molecule has 1 rings (SSSR count). The highest BCUT2D eigenvalue weighted by Gasteiger charge is 2.18. The van der Waals surface area contributed by atoms with E-state index in [1.165, 1.54) is 12.1 Å². The predicted octanol–water partition coefficient (Wildman–Crippen LogP) is 1.03. The molecule has 1 amide bonds. The number of hydrogen-bond donors (Lipinski definition) is 3. The molecule has 1 aromatic carbocycles. The number of sulfonamides is 1. The number of carbonyl (C=O) groups is 1. The molecular weight excluding hydrogens is 302 g/mol. The minimum absolute atomic E-state index is 0.0588. The Kier molecular flexibility index (Phi) is 5.38. The van der Waals surface area contributed by atoms with E-state index in [0.29, 0.717) is 5.56 Å². The molecule has 0 radical (unpaired) electrons. The molecule has 0 aromatic heterocycles. The molecule has 0 fully saturated rings. The third kappa shape index (κ3) is 4.36. The van der Waals surface area contributed by atoms with Gasteiger partial charge in [-0.15, -0.1) is 0 Å². The van der Waals surface area contributed by atoms with Gasteiger partial charge in [-0.2, -0.15) is 0 Å². The molecule has 0 saturated carbocycles. The first-order valence-corrected chi connectivity index (χ1v) is 7.84. The molecular formula is C12H18ClN3O3S. The number of amides is 1. The van der Waals surface area contributed by atoms with Gasteiger partial charge in [-0.25, -0.2) is 13.1 Å². The number of halogens is 1. The van der Waals surface area contributed by atoms with Crippen LogP contribution in [0.5, 0.6) is 0 Å². The molecule has 4 N–H and O–H groups in total. The Morgan fingerprint density at radius 2 is 2.00 bits per heavy atom. The molecule has 1 aromatic rings. The van der Waals surface area contributed by atoms with Crippen LogP contribution in [0.1, 0.15) is 19.4 Å². The summed E-state index contributed by atoms with van der Waals surface area (Å²) < 4.78 is 26.3. The van der Waals surface area contributed by atoms with Crippen LogP contribution in [0.4, 0.5) is 5.69 Å². The average Bonchev–Trinajstić information content (AvgIpc) is 2.32. The fraction of sp³-hybridized carbons (Fsp3) is 0.417. The Morgan fingerprint density at radius 3 is 2.50 bits per heavy atom. The van der Waals surface area contributed by atoms with Gasteiger partial charge in [-0.3, -0.25) is 4.79 Å². The van der Waals surface area contributed by atoms with E-state index in [-0.39, 0.29) is 28.2 Å². The smallest absolute Gasteiger partial charge is 0.241 e. The van der Waals surface area contributed by atoms with Crippen molar-refractivity contribution in [1.29, 1.82) is 0 Å². The van der Waals surface area contributed by atoms with Crippen molar-refractivity contribution in [3.63, 3.8) is 0 Å². The second kappa shape index (κ2) is 6.43. The van der Waals surface area contributed by atoms with Crippen LogP contribution in [0.15, 0.2) is 17.0 Å². The first-order valence-electron chi connectivity index (χ1n) is 5.98. The topological polar surface area (TPSA) is 101 Å². The van der Waals surface area contributed by atoms with Crippen LogP contribution in [0.25, 0.3) is 0 Å². The third-order valence-electron chi connectivity index (χ3n) is 2.54. The van der Waals surface area contributed by atoms with Crippen LogP contribution in [0.2, 0.25) is 5.02 Å². The van der Waals surface area contributed by atoms with Gasteiger partial charge in [0.25, 0.3) is 0 Å². The highest BCUT2D eigenvalue weighted by atomic mass is 35.5. The average molecular weight is 320 g/mol. The number of anilines is 1. The summed E-state index contributed by atoms with van der Waals surface area (Å²) in [4.78, 5) is 11.4. The number of hydrogen-bond acceptors (Lipinski definition) is 4. The number of nitrogens with one attached hydrogen (secondary N) is 2. The highest BCUT2D eigenvalue weighted by Crippen LogP contribution is 2.25. The van der Waals surface area contributed by atoms with Gasteiger partial charge in [-0.05, 0) is 38.5 Å². The molecule has 0 atom stereocenters. The van der Waals surface area contributed by atoms with Gasteiger partial charge < -0.3 is 11.1 Å². The molecule has 6 nitrogen and oxygen atoms in total. The van der Waals surface area contributed by atoms with Crippen LogP contribution in [0, 0.1) is 6.92 Å². The summed E-state index contributed by atoms with van der Waals surface area (Å²) in [7, 11) is -3.83. The lowest BCUT2D eigenvalue weighted by Gasteiger charge is -2.11. The van der Waals surface area contributed by atoms with Gasteiger partial charge in [0.15, 0.2) is 0 Å². The van der Waals surface area contributed by atoms with E-state index in [1.807, 2.05) is 0 Å². The zero-order valence-corrected chi connectivity index (χ0v) is 13.1. The SMILES string of the molecule is Cc1c(N)cc(S(=O)(=O)NCC(=O)NC(C)C)cc1Cl. The van der Waals surface area contributed by atoms with Crippen molar-refractivity contribution in [3.8, 4) is 0 Å². The molecule has 0 heterocycles. The zero-order valence-electron chi connectivity index (χ0n) is 11.5. The summed E-state index contributed by atoms with van der Waals surface area (Å²) in [6, 6.07) is 2.55. The molecule has 0 spiro atoms. The maximum Gasteiger partial charge on any atom is 0.241 e. The summed E-state index contributed by atoms with van der Waals surface area (Å²) in [5.41, 5.74) is 6.58. The molecule has 0 saturated heterocycles. The maximum absolute atomic E-state index is 12.0. The standard InChI is InChI=1S/C12H18ClN3O3S/c1-7(2)16-12(17)6-15-20(18,19)9-4-10(13)8(3)11(14)5-9/h4-5,7,15H,6,14H2,1-3H3,(H,16,17). The fourth-order valence-electron chi connectivity index (χ4n) is 1.45. The molecule has 0 aliphatic carbocycles. The van der Waals surface area contributed by atoms with Crippen LogP contribution in [-0.4, -0.2) is 26.9 Å². The van der Waals surface area contributed by atoms with E-state index in [0.717, 1.165) is 0 Å². The van der Waals surface area contributed by atoms with Gasteiger partial charge in [0.2, 0.25) is 15.9 Å². The van der Waals surface area contributed by atoms with E-state index in [4.69, 9.17) is 17.3 Å². The second-order valence-electron chi connectivity index (χ2n) is 4.67. The summed E-state index contributed by atoms with van der Waals surface area (Å²) in [5.74, 6) is -0.408. The first kappa shape index (κ1) is 16.7. The van der Waals surface area contributed by atoms with Crippen molar-refractivity contribution in [2.24, 2.45) is 0 Å². The van der Waals surface area contributed by atoms with Crippen LogP contribution < -0.4 is 15.8 Å². The van der Waals surface area contributed by atoms with Gasteiger partial charge in [0, 0.05) is 16.8 Å². The Labute approximate surface area is 123 Å². The van der Waals surface area contributed by atoms with E-state index < -0.39 is 15.9 Å². The highest BCUT2D eigenvalue weighted by molar-refractivity contribution is 7.89. The number of rotatable bonds is 5. The van der Waals surface area contributed by atoms with Gasteiger partial charge in [0.05, 0.1) is 11.4 Å². The lowest BCUT2D eigenvalue weighted by molar-refractivity contribution is -0.120. The van der Waals surface area contributed by atoms with Gasteiger partial charge in [0.1, 0.15) is 0 Å². The Morgan fingerprint density at radius 1 is 1.40 bits per heavy atom. The normalized spacial score (nSPS) is 11.7. The van der Waals surface area contributed by atoms with Crippen molar-refractivity contribution < 1.29 is 13.2 Å². The summed E-state index contributed by atoms with van der Waals surface area (Å²) in [5, 5.41) is 2.84. The van der Waals surface area contributed by atoms with Crippen LogP contribution >= 0.6 is 11.6 Å². The molecule has 8 heteroatoms.